The van der Waals surface area contributed by atoms with Gasteiger partial charge in [0, 0.05) is 10.8 Å². The standard InChI is InChI=1S/C34H32N2O6S/c1-3-42-27-16-19(11-14-26(27)37)29-22-12-13-23-28(32(40)35(30(23)38)18-21-10-7-15-43-21)24(22)17-25-31(39)36(33(41)34(25,29)2)20-8-5-4-6-9-20/h4-12,14-16,23-25,28-29,37H,3,13,17-18H2,1-2H3/t23-,24+,25-,28-,29-,34+/m0/s1. The molecule has 6 atom stereocenters. The molecule has 220 valence electrons. The van der Waals surface area contributed by atoms with Gasteiger partial charge in [-0.15, -0.1) is 11.3 Å². The van der Waals surface area contributed by atoms with Gasteiger partial charge in [-0.2, -0.15) is 0 Å². The molecule has 0 radical (unpaired) electrons. The summed E-state index contributed by atoms with van der Waals surface area (Å²) in [6, 6.07) is 17.8. The van der Waals surface area contributed by atoms with Crippen molar-refractivity contribution in [3.63, 3.8) is 0 Å². The van der Waals surface area contributed by atoms with Crippen LogP contribution in [0.3, 0.4) is 0 Å². The van der Waals surface area contributed by atoms with E-state index in [9.17, 15) is 24.3 Å². The third-order valence-corrected chi connectivity index (χ3v) is 10.8. The normalized spacial score (nSPS) is 29.8. The van der Waals surface area contributed by atoms with E-state index >= 15 is 0 Å². The van der Waals surface area contributed by atoms with E-state index in [-0.39, 0.29) is 41.8 Å². The lowest BCUT2D eigenvalue weighted by Crippen LogP contribution is -2.48. The molecule has 9 heteroatoms. The summed E-state index contributed by atoms with van der Waals surface area (Å²) in [6.07, 6.45) is 2.73. The van der Waals surface area contributed by atoms with Crippen molar-refractivity contribution in [2.24, 2.45) is 29.1 Å². The van der Waals surface area contributed by atoms with Crippen molar-refractivity contribution >= 4 is 40.7 Å². The summed E-state index contributed by atoms with van der Waals surface area (Å²) in [5, 5.41) is 12.4. The number of amides is 4. The molecule has 1 saturated carbocycles. The number of hydrogen-bond donors (Lipinski definition) is 1. The van der Waals surface area contributed by atoms with E-state index in [4.69, 9.17) is 4.74 Å². The number of benzene rings is 2. The zero-order valence-corrected chi connectivity index (χ0v) is 24.8. The van der Waals surface area contributed by atoms with Crippen LogP contribution in [0, 0.1) is 29.1 Å². The topological polar surface area (TPSA) is 104 Å². The molecule has 43 heavy (non-hydrogen) atoms. The van der Waals surface area contributed by atoms with Gasteiger partial charge >= 0.3 is 0 Å². The first-order valence-corrected chi connectivity index (χ1v) is 15.6. The quantitative estimate of drug-likeness (QED) is 0.307. The van der Waals surface area contributed by atoms with E-state index in [1.165, 1.54) is 21.1 Å². The summed E-state index contributed by atoms with van der Waals surface area (Å²) in [5.74, 6) is -3.44. The predicted molar refractivity (Wildman–Crippen MR) is 160 cm³/mol. The molecule has 0 unspecified atom stereocenters. The maximum Gasteiger partial charge on any atom is 0.241 e. The van der Waals surface area contributed by atoms with Gasteiger partial charge in [-0.25, -0.2) is 4.90 Å². The summed E-state index contributed by atoms with van der Waals surface area (Å²) < 4.78 is 5.72. The number of hydrogen-bond acceptors (Lipinski definition) is 7. The first kappa shape index (κ1) is 27.6. The number of phenolic OH excluding ortho intramolecular Hbond substituents is 1. The van der Waals surface area contributed by atoms with Gasteiger partial charge in [0.25, 0.3) is 0 Å². The van der Waals surface area contributed by atoms with Crippen LogP contribution < -0.4 is 9.64 Å². The number of fused-ring (bicyclic) bond motifs is 4. The van der Waals surface area contributed by atoms with Crippen molar-refractivity contribution in [3.8, 4) is 11.5 Å². The monoisotopic (exact) mass is 596 g/mol. The van der Waals surface area contributed by atoms with Gasteiger partial charge in [0.05, 0.1) is 42.0 Å². The number of imide groups is 2. The summed E-state index contributed by atoms with van der Waals surface area (Å²) in [7, 11) is 0. The molecule has 8 nitrogen and oxygen atoms in total. The second-order valence-electron chi connectivity index (χ2n) is 12.0. The molecule has 7 rings (SSSR count). The molecule has 3 heterocycles. The molecule has 2 aliphatic heterocycles. The molecule has 0 spiro atoms. The number of carbonyl (C=O) groups is 4. The lowest BCUT2D eigenvalue weighted by atomic mass is 9.51. The number of allylic oxidation sites excluding steroid dienone is 2. The molecule has 3 aromatic rings. The second-order valence-corrected chi connectivity index (χ2v) is 13.0. The molecule has 2 aliphatic carbocycles. The number of aromatic hydroxyl groups is 1. The van der Waals surface area contributed by atoms with E-state index in [1.54, 1.807) is 42.5 Å². The molecule has 2 aromatic carbocycles. The number of para-hydroxylation sites is 1. The lowest BCUT2D eigenvalue weighted by molar-refractivity contribution is -0.141. The smallest absolute Gasteiger partial charge is 0.241 e. The molecular weight excluding hydrogens is 564 g/mol. The van der Waals surface area contributed by atoms with E-state index in [0.29, 0.717) is 30.9 Å². The molecule has 1 N–H and O–H groups in total. The number of likely N-dealkylation sites (tertiary alicyclic amines) is 1. The molecule has 0 bridgehead atoms. The minimum atomic E-state index is -1.15. The van der Waals surface area contributed by atoms with Crippen molar-refractivity contribution < 1.29 is 29.0 Å². The van der Waals surface area contributed by atoms with Crippen LogP contribution in [0.1, 0.15) is 43.0 Å². The SMILES string of the molecule is CCOc1cc([C@H]2C3=CC[C@@H]4C(=O)N(Cc5cccs5)C(=O)[C@@H]4[C@@H]3C[C@H]3C(=O)N(c4ccccc4)C(=O)[C@@]23C)ccc1O. The van der Waals surface area contributed by atoms with Crippen LogP contribution in [0.2, 0.25) is 0 Å². The molecule has 4 amide bonds. The zero-order chi connectivity index (χ0) is 30.0. The second kappa shape index (κ2) is 10.2. The first-order valence-electron chi connectivity index (χ1n) is 14.7. The highest BCUT2D eigenvalue weighted by molar-refractivity contribution is 7.09. The fourth-order valence-corrected chi connectivity index (χ4v) is 8.67. The zero-order valence-electron chi connectivity index (χ0n) is 23.9. The van der Waals surface area contributed by atoms with Gasteiger partial charge in [0.2, 0.25) is 23.6 Å². The average molecular weight is 597 g/mol. The highest BCUT2D eigenvalue weighted by Crippen LogP contribution is 2.64. The summed E-state index contributed by atoms with van der Waals surface area (Å²) in [6.45, 7) is 4.26. The highest BCUT2D eigenvalue weighted by Gasteiger charge is 2.67. The van der Waals surface area contributed by atoms with E-state index in [0.717, 1.165) is 16.0 Å². The number of anilines is 1. The molecule has 2 saturated heterocycles. The fraction of sp³-hybridized carbons (Fsp3) is 0.353. The Balaban J connectivity index is 1.36. The number of carbonyl (C=O) groups excluding carboxylic acids is 4. The van der Waals surface area contributed by atoms with Crippen molar-refractivity contribution in [2.75, 3.05) is 11.5 Å². The lowest BCUT2D eigenvalue weighted by Gasteiger charge is -2.49. The van der Waals surface area contributed by atoms with Crippen LogP contribution in [0.25, 0.3) is 0 Å². The Bertz CT molecular complexity index is 1670. The van der Waals surface area contributed by atoms with E-state index in [2.05, 4.69) is 0 Å². The Morgan fingerprint density at radius 2 is 1.77 bits per heavy atom. The number of thiophene rings is 1. The summed E-state index contributed by atoms with van der Waals surface area (Å²) >= 11 is 1.51. The van der Waals surface area contributed by atoms with E-state index in [1.807, 2.05) is 43.5 Å². The van der Waals surface area contributed by atoms with Crippen LogP contribution in [-0.4, -0.2) is 40.2 Å². The van der Waals surface area contributed by atoms with Crippen LogP contribution in [-0.2, 0) is 25.7 Å². The van der Waals surface area contributed by atoms with Gasteiger partial charge in [0.1, 0.15) is 0 Å². The van der Waals surface area contributed by atoms with Gasteiger partial charge in [-0.3, -0.25) is 24.1 Å². The third-order valence-electron chi connectivity index (χ3n) is 9.89. The Labute approximate surface area is 253 Å². The average Bonchev–Trinajstić information content (AvgIpc) is 3.66. The first-order chi connectivity index (χ1) is 20.8. The van der Waals surface area contributed by atoms with Crippen LogP contribution in [0.15, 0.2) is 77.7 Å². The Kier molecular flexibility index (Phi) is 6.54. The largest absolute Gasteiger partial charge is 0.504 e. The Morgan fingerprint density at radius 3 is 2.49 bits per heavy atom. The molecule has 4 aliphatic rings. The van der Waals surface area contributed by atoms with Gasteiger partial charge in [-0.1, -0.05) is 42.0 Å². The number of phenols is 1. The minimum absolute atomic E-state index is 0.0159. The number of nitrogens with zero attached hydrogens (tertiary/aromatic N) is 2. The number of rotatable bonds is 6. The Morgan fingerprint density at radius 1 is 0.977 bits per heavy atom. The van der Waals surface area contributed by atoms with Crippen molar-refractivity contribution in [3.05, 3.63) is 88.1 Å². The fourth-order valence-electron chi connectivity index (χ4n) is 7.98. The summed E-state index contributed by atoms with van der Waals surface area (Å²) in [4.78, 5) is 59.9. The van der Waals surface area contributed by atoms with Crippen molar-refractivity contribution in [1.29, 1.82) is 0 Å². The molecular formula is C34H32N2O6S. The predicted octanol–water partition coefficient (Wildman–Crippen LogP) is 5.28. The minimum Gasteiger partial charge on any atom is -0.504 e. The van der Waals surface area contributed by atoms with Crippen molar-refractivity contribution in [1.82, 2.24) is 4.90 Å². The molecule has 3 fully saturated rings. The van der Waals surface area contributed by atoms with Crippen LogP contribution >= 0.6 is 11.3 Å². The third kappa shape index (κ3) is 4.01. The van der Waals surface area contributed by atoms with Crippen LogP contribution in [0.5, 0.6) is 11.5 Å². The maximum absolute atomic E-state index is 14.5. The van der Waals surface area contributed by atoms with Crippen molar-refractivity contribution in [2.45, 2.75) is 39.2 Å². The Hall–Kier alpha value is -4.24. The molecule has 1 aromatic heterocycles. The van der Waals surface area contributed by atoms with Gasteiger partial charge in [0.15, 0.2) is 11.5 Å². The van der Waals surface area contributed by atoms with E-state index < -0.39 is 29.1 Å². The maximum atomic E-state index is 14.5. The number of ether oxygens (including phenoxy) is 1. The van der Waals surface area contributed by atoms with Gasteiger partial charge < -0.3 is 9.84 Å². The highest BCUT2D eigenvalue weighted by atomic mass is 32.1. The van der Waals surface area contributed by atoms with Gasteiger partial charge in [-0.05, 0) is 73.9 Å². The summed E-state index contributed by atoms with van der Waals surface area (Å²) in [5.41, 5.74) is 0.997. The van der Waals surface area contributed by atoms with Crippen LogP contribution in [0.4, 0.5) is 5.69 Å².